The lowest BCUT2D eigenvalue weighted by Crippen LogP contribution is -2.05. The first-order valence-corrected chi connectivity index (χ1v) is 4.21. The number of aryl methyl sites for hydroxylation is 1. The van der Waals surface area contributed by atoms with Gasteiger partial charge in [-0.25, -0.2) is 4.98 Å². The highest BCUT2D eigenvalue weighted by Gasteiger charge is 2.04. The van der Waals surface area contributed by atoms with E-state index < -0.39 is 0 Å². The zero-order valence-corrected chi connectivity index (χ0v) is 8.95. The molecule has 4 nitrogen and oxygen atoms in total. The van der Waals surface area contributed by atoms with Crippen molar-refractivity contribution in [3.8, 4) is 0 Å². The van der Waals surface area contributed by atoms with Gasteiger partial charge in [-0.15, -0.1) is 12.4 Å². The second-order valence-electron chi connectivity index (χ2n) is 3.24. The third kappa shape index (κ3) is 1.71. The molecule has 0 bridgehead atoms. The molecule has 1 unspecified atom stereocenters. The van der Waals surface area contributed by atoms with Gasteiger partial charge in [0.25, 0.3) is 0 Å². The number of fused-ring (bicyclic) bond motifs is 1. The van der Waals surface area contributed by atoms with Crippen LogP contribution in [0.15, 0.2) is 18.5 Å². The Kier molecular flexibility index (Phi) is 3.08. The van der Waals surface area contributed by atoms with Crippen molar-refractivity contribution in [2.24, 2.45) is 12.8 Å². The van der Waals surface area contributed by atoms with Crippen molar-refractivity contribution in [1.82, 2.24) is 14.8 Å². The molecule has 0 saturated heterocycles. The predicted molar refractivity (Wildman–Crippen MR) is 58.4 cm³/mol. The van der Waals surface area contributed by atoms with Crippen LogP contribution in [-0.4, -0.2) is 14.8 Å². The molecule has 76 valence electrons. The van der Waals surface area contributed by atoms with Gasteiger partial charge in [-0.1, -0.05) is 0 Å². The Bertz CT molecular complexity index is 435. The van der Waals surface area contributed by atoms with Crippen molar-refractivity contribution >= 4 is 23.4 Å². The van der Waals surface area contributed by atoms with Crippen LogP contribution in [0.3, 0.4) is 0 Å². The van der Waals surface area contributed by atoms with Crippen molar-refractivity contribution in [1.29, 1.82) is 0 Å². The summed E-state index contributed by atoms with van der Waals surface area (Å²) in [6.45, 7) is 1.94. The minimum Gasteiger partial charge on any atom is -0.324 e. The van der Waals surface area contributed by atoms with E-state index in [4.69, 9.17) is 5.73 Å². The van der Waals surface area contributed by atoms with Crippen LogP contribution in [0.4, 0.5) is 0 Å². The van der Waals surface area contributed by atoms with Gasteiger partial charge in [-0.2, -0.15) is 5.10 Å². The third-order valence-electron chi connectivity index (χ3n) is 2.12. The Morgan fingerprint density at radius 2 is 2.14 bits per heavy atom. The summed E-state index contributed by atoms with van der Waals surface area (Å²) >= 11 is 0. The van der Waals surface area contributed by atoms with E-state index in [1.165, 1.54) is 0 Å². The summed E-state index contributed by atoms with van der Waals surface area (Å²) in [4.78, 5) is 4.28. The van der Waals surface area contributed by atoms with Crippen molar-refractivity contribution in [3.63, 3.8) is 0 Å². The second-order valence-corrected chi connectivity index (χ2v) is 3.24. The van der Waals surface area contributed by atoms with Gasteiger partial charge < -0.3 is 5.73 Å². The van der Waals surface area contributed by atoms with E-state index in [0.717, 1.165) is 16.6 Å². The summed E-state index contributed by atoms with van der Waals surface area (Å²) in [7, 11) is 1.88. The van der Waals surface area contributed by atoms with Crippen molar-refractivity contribution in [3.05, 3.63) is 24.0 Å². The summed E-state index contributed by atoms with van der Waals surface area (Å²) in [6, 6.07) is 2.05. The molecule has 0 radical (unpaired) electrons. The Morgan fingerprint density at radius 1 is 1.43 bits per heavy atom. The number of nitrogens with zero attached hydrogens (tertiary/aromatic N) is 3. The molecule has 0 aliphatic rings. The molecule has 0 saturated carbocycles. The van der Waals surface area contributed by atoms with Crippen LogP contribution in [0.5, 0.6) is 0 Å². The van der Waals surface area contributed by atoms with Crippen LogP contribution in [0.2, 0.25) is 0 Å². The average molecular weight is 213 g/mol. The quantitative estimate of drug-likeness (QED) is 0.778. The number of rotatable bonds is 1. The Hall–Kier alpha value is -1.13. The highest BCUT2D eigenvalue weighted by molar-refractivity contribution is 5.85. The van der Waals surface area contributed by atoms with Gasteiger partial charge >= 0.3 is 0 Å². The maximum absolute atomic E-state index is 5.74. The molecule has 2 heterocycles. The van der Waals surface area contributed by atoms with Gasteiger partial charge in [-0.3, -0.25) is 4.68 Å². The van der Waals surface area contributed by atoms with Crippen LogP contribution in [0.25, 0.3) is 11.0 Å². The number of hydrogen-bond acceptors (Lipinski definition) is 3. The van der Waals surface area contributed by atoms with Crippen LogP contribution in [0.1, 0.15) is 18.5 Å². The second kappa shape index (κ2) is 3.94. The maximum atomic E-state index is 5.74. The molecule has 2 aromatic heterocycles. The van der Waals surface area contributed by atoms with E-state index in [0.29, 0.717) is 0 Å². The first-order chi connectivity index (χ1) is 6.18. The Morgan fingerprint density at radius 3 is 2.79 bits per heavy atom. The standard InChI is InChI=1S/C9H12N4.ClH/c1-6(10)7-3-8-5-12-13(2)9(8)11-4-7;/h3-6H,10H2,1-2H3;1H. The third-order valence-corrected chi connectivity index (χ3v) is 2.12. The van der Waals surface area contributed by atoms with Gasteiger partial charge in [-0.05, 0) is 18.6 Å². The minimum atomic E-state index is 0. The monoisotopic (exact) mass is 212 g/mol. The van der Waals surface area contributed by atoms with Gasteiger partial charge in [0.2, 0.25) is 0 Å². The van der Waals surface area contributed by atoms with Crippen LogP contribution >= 0.6 is 12.4 Å². The van der Waals surface area contributed by atoms with E-state index in [1.54, 1.807) is 17.1 Å². The molecule has 0 aromatic carbocycles. The minimum absolute atomic E-state index is 0. The fraction of sp³-hybridized carbons (Fsp3) is 0.333. The molecule has 2 rings (SSSR count). The molecule has 0 amide bonds. The van der Waals surface area contributed by atoms with E-state index in [2.05, 4.69) is 10.1 Å². The zero-order valence-electron chi connectivity index (χ0n) is 8.14. The predicted octanol–water partition coefficient (Wildman–Crippen LogP) is 1.41. The van der Waals surface area contributed by atoms with Crippen LogP contribution < -0.4 is 5.73 Å². The summed E-state index contributed by atoms with van der Waals surface area (Å²) in [5, 5.41) is 5.15. The molecule has 2 aromatic rings. The molecule has 1 atom stereocenters. The normalized spacial score (nSPS) is 12.5. The number of aromatic nitrogens is 3. The molecule has 0 spiro atoms. The number of nitrogens with two attached hydrogens (primary N) is 1. The number of pyridine rings is 1. The Balaban J connectivity index is 0.000000980. The van der Waals surface area contributed by atoms with Crippen molar-refractivity contribution in [2.45, 2.75) is 13.0 Å². The Labute approximate surface area is 88.5 Å². The fourth-order valence-corrected chi connectivity index (χ4v) is 1.31. The van der Waals surface area contributed by atoms with E-state index in [9.17, 15) is 0 Å². The van der Waals surface area contributed by atoms with Gasteiger partial charge in [0.05, 0.1) is 6.20 Å². The summed E-state index contributed by atoms with van der Waals surface area (Å²) < 4.78 is 1.75. The van der Waals surface area contributed by atoms with Crippen LogP contribution in [-0.2, 0) is 7.05 Å². The molecular formula is C9H13ClN4. The molecule has 2 N–H and O–H groups in total. The zero-order chi connectivity index (χ0) is 9.42. The van der Waals surface area contributed by atoms with E-state index >= 15 is 0 Å². The molecule has 0 aliphatic heterocycles. The lowest BCUT2D eigenvalue weighted by atomic mass is 10.1. The lowest BCUT2D eigenvalue weighted by Gasteiger charge is -2.03. The van der Waals surface area contributed by atoms with E-state index in [-0.39, 0.29) is 18.4 Å². The number of halogens is 1. The smallest absolute Gasteiger partial charge is 0.157 e. The molecule has 5 heteroatoms. The highest BCUT2D eigenvalue weighted by Crippen LogP contribution is 2.15. The molecule has 14 heavy (non-hydrogen) atoms. The first kappa shape index (κ1) is 10.9. The van der Waals surface area contributed by atoms with Gasteiger partial charge in [0.1, 0.15) is 0 Å². The molecule has 0 aliphatic carbocycles. The number of hydrogen-bond donors (Lipinski definition) is 1. The van der Waals surface area contributed by atoms with Gasteiger partial charge in [0.15, 0.2) is 5.65 Å². The maximum Gasteiger partial charge on any atom is 0.157 e. The summed E-state index contributed by atoms with van der Waals surface area (Å²) in [5.41, 5.74) is 7.68. The molecular weight excluding hydrogens is 200 g/mol. The highest BCUT2D eigenvalue weighted by atomic mass is 35.5. The summed E-state index contributed by atoms with van der Waals surface area (Å²) in [5.74, 6) is 0. The summed E-state index contributed by atoms with van der Waals surface area (Å²) in [6.07, 6.45) is 3.60. The topological polar surface area (TPSA) is 56.7 Å². The lowest BCUT2D eigenvalue weighted by molar-refractivity contribution is 0.782. The first-order valence-electron chi connectivity index (χ1n) is 4.21. The molecule has 0 fully saturated rings. The van der Waals surface area contributed by atoms with Crippen molar-refractivity contribution < 1.29 is 0 Å². The average Bonchev–Trinajstić information content (AvgIpc) is 2.47. The SMILES string of the molecule is CC(N)c1cnc2c(cnn2C)c1.Cl. The van der Waals surface area contributed by atoms with Crippen LogP contribution in [0, 0.1) is 0 Å². The van der Waals surface area contributed by atoms with E-state index in [1.807, 2.05) is 20.0 Å². The fourth-order valence-electron chi connectivity index (χ4n) is 1.31. The van der Waals surface area contributed by atoms with Crippen molar-refractivity contribution in [2.75, 3.05) is 0 Å². The largest absolute Gasteiger partial charge is 0.324 e. The van der Waals surface area contributed by atoms with Gasteiger partial charge in [0, 0.05) is 24.7 Å².